The van der Waals surface area contributed by atoms with Crippen molar-refractivity contribution in [3.63, 3.8) is 0 Å². The van der Waals surface area contributed by atoms with Crippen molar-refractivity contribution in [1.29, 1.82) is 0 Å². The molecule has 0 atom stereocenters. The number of hydrogen-bond donors (Lipinski definition) is 2. The predicted molar refractivity (Wildman–Crippen MR) is 87.4 cm³/mol. The number of hydrogen-bond acceptors (Lipinski definition) is 2. The Morgan fingerprint density at radius 3 is 2.19 bits per heavy atom. The predicted octanol–water partition coefficient (Wildman–Crippen LogP) is 3.85. The molecule has 0 amide bonds. The minimum absolute atomic E-state index is 0.0254. The van der Waals surface area contributed by atoms with E-state index in [-0.39, 0.29) is 6.10 Å². The van der Waals surface area contributed by atoms with Crippen LogP contribution in [0, 0.1) is 5.92 Å². The van der Waals surface area contributed by atoms with E-state index in [1.54, 1.807) is 0 Å². The molecule has 116 valence electrons. The van der Waals surface area contributed by atoms with Crippen molar-refractivity contribution in [2.75, 3.05) is 6.54 Å². The Kier molecular flexibility index (Phi) is 5.32. The van der Waals surface area contributed by atoms with Gasteiger partial charge in [-0.3, -0.25) is 0 Å². The zero-order chi connectivity index (χ0) is 14.5. The van der Waals surface area contributed by atoms with Gasteiger partial charge in [-0.1, -0.05) is 30.3 Å². The van der Waals surface area contributed by atoms with Crippen molar-refractivity contribution in [2.24, 2.45) is 5.92 Å². The molecule has 2 aliphatic rings. The zero-order valence-corrected chi connectivity index (χ0v) is 13.0. The van der Waals surface area contributed by atoms with Crippen LogP contribution in [0.4, 0.5) is 0 Å². The summed E-state index contributed by atoms with van der Waals surface area (Å²) >= 11 is 0. The van der Waals surface area contributed by atoms with Gasteiger partial charge in [-0.2, -0.15) is 0 Å². The molecule has 2 heteroatoms. The topological polar surface area (TPSA) is 32.3 Å². The van der Waals surface area contributed by atoms with Crippen molar-refractivity contribution in [2.45, 2.75) is 69.4 Å². The molecule has 2 N–H and O–H groups in total. The molecule has 3 rings (SSSR count). The number of benzene rings is 1. The lowest BCUT2D eigenvalue weighted by atomic mass is 9.81. The van der Waals surface area contributed by atoms with Crippen molar-refractivity contribution < 1.29 is 5.11 Å². The summed E-state index contributed by atoms with van der Waals surface area (Å²) in [7, 11) is 0. The van der Waals surface area contributed by atoms with Crippen molar-refractivity contribution in [3.8, 4) is 0 Å². The van der Waals surface area contributed by atoms with Gasteiger partial charge in [0.25, 0.3) is 0 Å². The molecule has 2 fully saturated rings. The summed E-state index contributed by atoms with van der Waals surface area (Å²) in [5.41, 5.74) is 1.53. The van der Waals surface area contributed by atoms with Gasteiger partial charge in [0.2, 0.25) is 0 Å². The van der Waals surface area contributed by atoms with E-state index in [0.29, 0.717) is 0 Å². The molecule has 0 aliphatic heterocycles. The van der Waals surface area contributed by atoms with Crippen LogP contribution in [0.2, 0.25) is 0 Å². The summed E-state index contributed by atoms with van der Waals surface area (Å²) in [5.74, 6) is 1.56. The number of aliphatic hydroxyl groups excluding tert-OH is 1. The summed E-state index contributed by atoms with van der Waals surface area (Å²) in [4.78, 5) is 0. The monoisotopic (exact) mass is 287 g/mol. The van der Waals surface area contributed by atoms with Gasteiger partial charge in [0.15, 0.2) is 0 Å². The van der Waals surface area contributed by atoms with Crippen molar-refractivity contribution >= 4 is 0 Å². The quantitative estimate of drug-likeness (QED) is 0.881. The van der Waals surface area contributed by atoms with Crippen LogP contribution in [-0.4, -0.2) is 23.8 Å². The van der Waals surface area contributed by atoms with Gasteiger partial charge in [0.1, 0.15) is 0 Å². The third-order valence-corrected chi connectivity index (χ3v) is 5.51. The Bertz CT molecular complexity index is 403. The first-order valence-electron chi connectivity index (χ1n) is 8.77. The molecule has 0 spiro atoms. The van der Waals surface area contributed by atoms with Crippen LogP contribution < -0.4 is 5.32 Å². The van der Waals surface area contributed by atoms with E-state index in [2.05, 4.69) is 35.6 Å². The van der Waals surface area contributed by atoms with Crippen molar-refractivity contribution in [3.05, 3.63) is 35.9 Å². The van der Waals surface area contributed by atoms with E-state index < -0.39 is 0 Å². The molecule has 0 unspecified atom stereocenters. The van der Waals surface area contributed by atoms with Gasteiger partial charge in [-0.15, -0.1) is 0 Å². The lowest BCUT2D eigenvalue weighted by Crippen LogP contribution is -2.37. The molecule has 0 heterocycles. The summed E-state index contributed by atoms with van der Waals surface area (Å²) in [6.07, 6.45) is 9.67. The maximum atomic E-state index is 9.56. The minimum atomic E-state index is -0.0254. The lowest BCUT2D eigenvalue weighted by Gasteiger charge is -2.32. The molecule has 2 aliphatic carbocycles. The molecular weight excluding hydrogens is 258 g/mol. The fourth-order valence-corrected chi connectivity index (χ4v) is 4.04. The molecule has 2 nitrogen and oxygen atoms in total. The van der Waals surface area contributed by atoms with Gasteiger partial charge in [0.05, 0.1) is 6.10 Å². The van der Waals surface area contributed by atoms with Crippen LogP contribution in [-0.2, 0) is 0 Å². The highest BCUT2D eigenvalue weighted by molar-refractivity contribution is 5.20. The standard InChI is InChI=1S/C19H29NO/c21-19-12-6-15(7-13-19)14-20-18-10-8-17(9-11-18)16-4-2-1-3-5-16/h1-5,15,17-21H,6-14H2. The van der Waals surface area contributed by atoms with Crippen LogP contribution in [0.15, 0.2) is 30.3 Å². The fourth-order valence-electron chi connectivity index (χ4n) is 4.04. The Labute approximate surface area is 129 Å². The third-order valence-electron chi connectivity index (χ3n) is 5.51. The second-order valence-corrected chi connectivity index (χ2v) is 7.04. The molecule has 1 aromatic carbocycles. The van der Waals surface area contributed by atoms with Crippen LogP contribution in [0.5, 0.6) is 0 Å². The number of nitrogens with one attached hydrogen (secondary N) is 1. The van der Waals surface area contributed by atoms with Gasteiger partial charge < -0.3 is 10.4 Å². The van der Waals surface area contributed by atoms with E-state index in [1.165, 1.54) is 44.1 Å². The second-order valence-electron chi connectivity index (χ2n) is 7.04. The Morgan fingerprint density at radius 1 is 0.857 bits per heavy atom. The maximum Gasteiger partial charge on any atom is 0.0540 e. The summed E-state index contributed by atoms with van der Waals surface area (Å²) in [6.45, 7) is 1.16. The van der Waals surface area contributed by atoms with Crippen LogP contribution in [0.3, 0.4) is 0 Å². The Hall–Kier alpha value is -0.860. The SMILES string of the molecule is OC1CCC(CNC2CCC(c3ccccc3)CC2)CC1. The Morgan fingerprint density at radius 2 is 1.52 bits per heavy atom. The summed E-state index contributed by atoms with van der Waals surface area (Å²) in [6, 6.07) is 11.7. The van der Waals surface area contributed by atoms with Gasteiger partial charge in [-0.05, 0) is 75.3 Å². The van der Waals surface area contributed by atoms with E-state index in [0.717, 1.165) is 37.3 Å². The van der Waals surface area contributed by atoms with Crippen LogP contribution in [0.1, 0.15) is 62.8 Å². The van der Waals surface area contributed by atoms with Gasteiger partial charge in [-0.25, -0.2) is 0 Å². The normalized spacial score (nSPS) is 33.8. The zero-order valence-electron chi connectivity index (χ0n) is 13.0. The second kappa shape index (κ2) is 7.42. The molecule has 0 bridgehead atoms. The highest BCUT2D eigenvalue weighted by Crippen LogP contribution is 2.33. The number of aliphatic hydroxyl groups is 1. The molecule has 21 heavy (non-hydrogen) atoms. The highest BCUT2D eigenvalue weighted by Gasteiger charge is 2.24. The van der Waals surface area contributed by atoms with Gasteiger partial charge >= 0.3 is 0 Å². The largest absolute Gasteiger partial charge is 0.393 e. The minimum Gasteiger partial charge on any atom is -0.393 e. The fraction of sp³-hybridized carbons (Fsp3) is 0.684. The molecule has 1 aromatic rings. The summed E-state index contributed by atoms with van der Waals surface area (Å²) in [5, 5.41) is 13.4. The maximum absolute atomic E-state index is 9.56. The summed E-state index contributed by atoms with van der Waals surface area (Å²) < 4.78 is 0. The molecular formula is C19H29NO. The average Bonchev–Trinajstić information content (AvgIpc) is 2.56. The van der Waals surface area contributed by atoms with Crippen LogP contribution >= 0.6 is 0 Å². The van der Waals surface area contributed by atoms with Crippen LogP contribution in [0.25, 0.3) is 0 Å². The first kappa shape index (κ1) is 15.1. The molecule has 0 saturated heterocycles. The van der Waals surface area contributed by atoms with Crippen molar-refractivity contribution in [1.82, 2.24) is 5.32 Å². The molecule has 2 saturated carbocycles. The molecule has 0 radical (unpaired) electrons. The smallest absolute Gasteiger partial charge is 0.0540 e. The lowest BCUT2D eigenvalue weighted by molar-refractivity contribution is 0.107. The van der Waals surface area contributed by atoms with E-state index >= 15 is 0 Å². The average molecular weight is 287 g/mol. The van der Waals surface area contributed by atoms with E-state index in [9.17, 15) is 5.11 Å². The molecule has 0 aromatic heterocycles. The van der Waals surface area contributed by atoms with E-state index in [4.69, 9.17) is 0 Å². The first-order valence-corrected chi connectivity index (χ1v) is 8.77. The third kappa shape index (κ3) is 4.31. The Balaban J connectivity index is 1.38. The van der Waals surface area contributed by atoms with E-state index in [1.807, 2.05) is 0 Å². The highest BCUT2D eigenvalue weighted by atomic mass is 16.3. The first-order chi connectivity index (χ1) is 10.3. The van der Waals surface area contributed by atoms with Gasteiger partial charge in [0, 0.05) is 6.04 Å². The number of rotatable bonds is 4.